The number of para-hydroxylation sites is 2. The number of amides is 3. The van der Waals surface area contributed by atoms with Crippen LogP contribution in [0.5, 0.6) is 0 Å². The summed E-state index contributed by atoms with van der Waals surface area (Å²) >= 11 is 3.08. The van der Waals surface area contributed by atoms with Gasteiger partial charge in [0.2, 0.25) is 5.91 Å². The van der Waals surface area contributed by atoms with Gasteiger partial charge in [0.05, 0.1) is 16.6 Å². The van der Waals surface area contributed by atoms with E-state index in [0.29, 0.717) is 11.3 Å². The summed E-state index contributed by atoms with van der Waals surface area (Å²) in [7, 11) is 3.91. The Morgan fingerprint density at radius 2 is 1.40 bits per heavy atom. The zero-order chi connectivity index (χ0) is 33.6. The molecule has 5 aromatic carbocycles. The van der Waals surface area contributed by atoms with Crippen LogP contribution in [0.3, 0.4) is 0 Å². The molecule has 0 fully saturated rings. The average Bonchev–Trinajstić information content (AvgIpc) is 3.10. The lowest BCUT2D eigenvalue weighted by molar-refractivity contribution is -0.117. The van der Waals surface area contributed by atoms with Gasteiger partial charge in [-0.1, -0.05) is 72.4 Å². The maximum Gasteiger partial charge on any atom is 0.272 e. The molecule has 1 aliphatic rings. The van der Waals surface area contributed by atoms with Crippen LogP contribution in [0.2, 0.25) is 0 Å². The number of nitrogens with one attached hydrogen (secondary N) is 2. The summed E-state index contributed by atoms with van der Waals surface area (Å²) in [4.78, 5) is 47.4. The molecule has 1 aliphatic heterocycles. The average molecular weight is 671 g/mol. The zero-order valence-electron chi connectivity index (χ0n) is 26.7. The Kier molecular flexibility index (Phi) is 9.99. The van der Waals surface area contributed by atoms with Crippen molar-refractivity contribution in [3.63, 3.8) is 0 Å². The third kappa shape index (κ3) is 7.48. The van der Waals surface area contributed by atoms with Crippen LogP contribution in [0.4, 0.5) is 22.7 Å². The van der Waals surface area contributed by atoms with E-state index in [1.165, 1.54) is 11.8 Å². The summed E-state index contributed by atoms with van der Waals surface area (Å²) in [5.41, 5.74) is 4.59. The highest BCUT2D eigenvalue weighted by Gasteiger charge is 2.31. The first-order valence-electron chi connectivity index (χ1n) is 15.4. The SMILES string of the molecule is CC(Sc1cccc(NC(=O)/C(=C\c2ccc(N(C)C)cc2)NC(=O)c2ccccc2)c1)C(=O)N1c2ccccc2Sc2ccccc21. The molecule has 7 nitrogen and oxygen atoms in total. The molecule has 1 atom stereocenters. The lowest BCUT2D eigenvalue weighted by Crippen LogP contribution is -2.34. The normalized spacial score (nSPS) is 12.7. The van der Waals surface area contributed by atoms with E-state index < -0.39 is 17.1 Å². The van der Waals surface area contributed by atoms with Crippen molar-refractivity contribution in [1.82, 2.24) is 5.32 Å². The molecule has 0 saturated carbocycles. The first kappa shape index (κ1) is 32.7. The van der Waals surface area contributed by atoms with E-state index in [2.05, 4.69) is 10.6 Å². The van der Waals surface area contributed by atoms with Crippen molar-refractivity contribution in [1.29, 1.82) is 0 Å². The number of fused-ring (bicyclic) bond motifs is 2. The minimum Gasteiger partial charge on any atom is -0.378 e. The summed E-state index contributed by atoms with van der Waals surface area (Å²) < 4.78 is 0. The number of carbonyl (C=O) groups is 3. The minimum atomic E-state index is -0.471. The minimum absolute atomic E-state index is 0.0382. The van der Waals surface area contributed by atoms with E-state index in [9.17, 15) is 14.4 Å². The van der Waals surface area contributed by atoms with Crippen molar-refractivity contribution in [2.45, 2.75) is 26.9 Å². The molecule has 240 valence electrons. The van der Waals surface area contributed by atoms with Gasteiger partial charge >= 0.3 is 0 Å². The molecule has 0 radical (unpaired) electrons. The van der Waals surface area contributed by atoms with Crippen LogP contribution >= 0.6 is 23.5 Å². The topological polar surface area (TPSA) is 81.8 Å². The van der Waals surface area contributed by atoms with Gasteiger partial charge in [0.15, 0.2) is 0 Å². The molecule has 6 rings (SSSR count). The summed E-state index contributed by atoms with van der Waals surface area (Å²) in [5, 5.41) is 5.31. The molecule has 0 aromatic heterocycles. The second-order valence-electron chi connectivity index (χ2n) is 11.3. The van der Waals surface area contributed by atoms with Gasteiger partial charge in [0, 0.05) is 45.7 Å². The van der Waals surface area contributed by atoms with Gasteiger partial charge in [-0.3, -0.25) is 19.3 Å². The Morgan fingerprint density at radius 1 is 0.771 bits per heavy atom. The maximum absolute atomic E-state index is 14.0. The summed E-state index contributed by atoms with van der Waals surface area (Å²) in [6.07, 6.45) is 1.65. The second kappa shape index (κ2) is 14.7. The van der Waals surface area contributed by atoms with Gasteiger partial charge in [-0.2, -0.15) is 0 Å². The van der Waals surface area contributed by atoms with Crippen molar-refractivity contribution in [3.05, 3.63) is 144 Å². The van der Waals surface area contributed by atoms with Crippen LogP contribution in [0.15, 0.2) is 148 Å². The van der Waals surface area contributed by atoms with Crippen LogP contribution < -0.4 is 20.4 Å². The third-order valence-electron chi connectivity index (χ3n) is 7.65. The van der Waals surface area contributed by atoms with E-state index in [4.69, 9.17) is 0 Å². The fourth-order valence-electron chi connectivity index (χ4n) is 5.20. The third-order valence-corrected chi connectivity index (χ3v) is 9.87. The predicted molar refractivity (Wildman–Crippen MR) is 197 cm³/mol. The Hall–Kier alpha value is -5.25. The Bertz CT molecular complexity index is 1950. The van der Waals surface area contributed by atoms with E-state index >= 15 is 0 Å². The Morgan fingerprint density at radius 3 is 2.04 bits per heavy atom. The van der Waals surface area contributed by atoms with E-state index in [0.717, 1.165) is 37.3 Å². The van der Waals surface area contributed by atoms with Gasteiger partial charge in [0.25, 0.3) is 11.8 Å². The predicted octanol–water partition coefficient (Wildman–Crippen LogP) is 8.47. The molecule has 1 heterocycles. The van der Waals surface area contributed by atoms with Crippen LogP contribution in [-0.4, -0.2) is 37.1 Å². The van der Waals surface area contributed by atoms with Crippen LogP contribution in [-0.2, 0) is 9.59 Å². The van der Waals surface area contributed by atoms with Crippen molar-refractivity contribution in [2.75, 3.05) is 29.2 Å². The number of carbonyl (C=O) groups excluding carboxylic acids is 3. The highest BCUT2D eigenvalue weighted by Crippen LogP contribution is 2.48. The lowest BCUT2D eigenvalue weighted by atomic mass is 10.1. The molecule has 5 aromatic rings. The number of hydrogen-bond acceptors (Lipinski definition) is 6. The Labute approximate surface area is 289 Å². The van der Waals surface area contributed by atoms with Crippen LogP contribution in [0.25, 0.3) is 6.08 Å². The molecule has 0 aliphatic carbocycles. The molecule has 48 heavy (non-hydrogen) atoms. The molecule has 0 spiro atoms. The van der Waals surface area contributed by atoms with Crippen LogP contribution in [0, 0.1) is 0 Å². The summed E-state index contributed by atoms with van der Waals surface area (Å²) in [6, 6.07) is 39.7. The van der Waals surface area contributed by atoms with Gasteiger partial charge < -0.3 is 15.5 Å². The standard InChI is InChI=1S/C39H34N4O3S2/c1-26(39(46)43-33-16-7-9-18-35(33)48-36-19-10-8-17-34(36)43)47-31-15-11-14-29(25-31)40-38(45)32(41-37(44)28-12-5-4-6-13-28)24-27-20-22-30(23-21-27)42(2)3/h4-26H,1-3H3,(H,40,45)(H,41,44)/b32-24+. The molecule has 0 bridgehead atoms. The van der Waals surface area contributed by atoms with E-state index in [-0.39, 0.29) is 11.6 Å². The van der Waals surface area contributed by atoms with Crippen molar-refractivity contribution < 1.29 is 14.4 Å². The highest BCUT2D eigenvalue weighted by atomic mass is 32.2. The maximum atomic E-state index is 14.0. The summed E-state index contributed by atoms with van der Waals surface area (Å²) in [5.74, 6) is -0.900. The number of thioether (sulfide) groups is 1. The zero-order valence-corrected chi connectivity index (χ0v) is 28.3. The molecule has 1 unspecified atom stereocenters. The first-order chi connectivity index (χ1) is 23.3. The largest absolute Gasteiger partial charge is 0.378 e. The molecule has 9 heteroatoms. The highest BCUT2D eigenvalue weighted by molar-refractivity contribution is 8.00. The second-order valence-corrected chi connectivity index (χ2v) is 13.8. The van der Waals surface area contributed by atoms with Crippen molar-refractivity contribution in [3.8, 4) is 0 Å². The Balaban J connectivity index is 1.21. The molecule has 0 saturated heterocycles. The summed E-state index contributed by atoms with van der Waals surface area (Å²) in [6.45, 7) is 1.90. The number of benzene rings is 5. The van der Waals surface area contributed by atoms with Gasteiger partial charge in [-0.25, -0.2) is 0 Å². The van der Waals surface area contributed by atoms with Gasteiger partial charge in [-0.05, 0) is 85.3 Å². The number of hydrogen-bond donors (Lipinski definition) is 2. The van der Waals surface area contributed by atoms with Crippen molar-refractivity contribution >= 4 is 70.1 Å². The smallest absolute Gasteiger partial charge is 0.272 e. The lowest BCUT2D eigenvalue weighted by Gasteiger charge is -2.32. The monoisotopic (exact) mass is 670 g/mol. The van der Waals surface area contributed by atoms with Gasteiger partial charge in [0.1, 0.15) is 5.70 Å². The first-order valence-corrected chi connectivity index (χ1v) is 17.1. The fraction of sp³-hybridized carbons (Fsp3) is 0.103. The fourth-order valence-corrected chi connectivity index (χ4v) is 7.23. The molecular weight excluding hydrogens is 637 g/mol. The number of anilines is 4. The molecular formula is C39H34N4O3S2. The molecule has 3 amide bonds. The quantitative estimate of drug-likeness (QED) is 0.121. The number of rotatable bonds is 9. The van der Waals surface area contributed by atoms with Crippen LogP contribution in [0.1, 0.15) is 22.8 Å². The molecule has 2 N–H and O–H groups in total. The number of nitrogens with zero attached hydrogens (tertiary/aromatic N) is 2. The van der Waals surface area contributed by atoms with Gasteiger partial charge in [-0.15, -0.1) is 11.8 Å². The van der Waals surface area contributed by atoms with E-state index in [1.54, 1.807) is 48.2 Å². The van der Waals surface area contributed by atoms with Crippen molar-refractivity contribution in [2.24, 2.45) is 0 Å². The van der Waals surface area contributed by atoms with E-state index in [1.807, 2.05) is 128 Å².